The molecule has 2 N–H and O–H groups in total. The Morgan fingerprint density at radius 1 is 1.29 bits per heavy atom. The largest absolute Gasteiger partial charge is 0.357 e. The Hall–Kier alpha value is -1.62. The van der Waals surface area contributed by atoms with Gasteiger partial charge in [0.05, 0.1) is 17.4 Å². The molecule has 0 aliphatic carbocycles. The van der Waals surface area contributed by atoms with Crippen LogP contribution in [0.3, 0.4) is 0 Å². The normalized spacial score (nSPS) is 25.9. The predicted molar refractivity (Wildman–Crippen MR) is 84.6 cm³/mol. The van der Waals surface area contributed by atoms with Gasteiger partial charge in [-0.2, -0.15) is 0 Å². The Morgan fingerprint density at radius 2 is 2.10 bits per heavy atom. The Morgan fingerprint density at radius 3 is 2.71 bits per heavy atom. The highest BCUT2D eigenvalue weighted by atomic mass is 16.2. The van der Waals surface area contributed by atoms with Crippen LogP contribution in [0.15, 0.2) is 18.3 Å². The number of anilines is 2. The second kappa shape index (κ2) is 6.02. The molecule has 1 unspecified atom stereocenters. The number of amides is 1. The minimum Gasteiger partial charge on any atom is -0.357 e. The monoisotopic (exact) mass is 288 g/mol. The SMILES string of the molecule is CC1(C(=O)Nc2ccc(N3CCCCC3)nc2)CCCN1. The second-order valence-corrected chi connectivity index (χ2v) is 6.27. The molecule has 2 fully saturated rings. The average Bonchev–Trinajstić information content (AvgIpc) is 2.97. The lowest BCUT2D eigenvalue weighted by Crippen LogP contribution is -2.47. The number of pyridine rings is 1. The summed E-state index contributed by atoms with van der Waals surface area (Å²) in [7, 11) is 0. The topological polar surface area (TPSA) is 57.3 Å². The molecule has 0 saturated carbocycles. The molecule has 114 valence electrons. The molecule has 0 spiro atoms. The molecule has 5 nitrogen and oxygen atoms in total. The third kappa shape index (κ3) is 3.18. The van der Waals surface area contributed by atoms with Crippen molar-refractivity contribution >= 4 is 17.4 Å². The van der Waals surface area contributed by atoms with Crippen molar-refractivity contribution < 1.29 is 4.79 Å². The number of piperidine rings is 1. The van der Waals surface area contributed by atoms with E-state index in [1.54, 1.807) is 6.20 Å². The summed E-state index contributed by atoms with van der Waals surface area (Å²) in [6, 6.07) is 3.96. The minimum atomic E-state index is -0.439. The van der Waals surface area contributed by atoms with Gasteiger partial charge in [0.25, 0.3) is 0 Å². The van der Waals surface area contributed by atoms with Crippen molar-refractivity contribution in [2.45, 2.75) is 44.6 Å². The van der Waals surface area contributed by atoms with Gasteiger partial charge in [0.15, 0.2) is 0 Å². The molecule has 3 rings (SSSR count). The lowest BCUT2D eigenvalue weighted by atomic mass is 9.99. The highest BCUT2D eigenvalue weighted by molar-refractivity contribution is 5.98. The maximum Gasteiger partial charge on any atom is 0.244 e. The number of carbonyl (C=O) groups is 1. The molecule has 1 atom stereocenters. The summed E-state index contributed by atoms with van der Waals surface area (Å²) in [6.07, 6.45) is 7.50. The molecule has 0 aromatic carbocycles. The van der Waals surface area contributed by atoms with E-state index in [9.17, 15) is 4.79 Å². The number of nitrogens with zero attached hydrogens (tertiary/aromatic N) is 2. The highest BCUT2D eigenvalue weighted by Gasteiger charge is 2.35. The summed E-state index contributed by atoms with van der Waals surface area (Å²) in [5.74, 6) is 1.05. The molecule has 5 heteroatoms. The molecule has 2 aliphatic heterocycles. The van der Waals surface area contributed by atoms with Crippen LogP contribution >= 0.6 is 0 Å². The summed E-state index contributed by atoms with van der Waals surface area (Å²) in [5, 5.41) is 6.25. The third-order valence-electron chi connectivity index (χ3n) is 4.56. The maximum atomic E-state index is 12.3. The van der Waals surface area contributed by atoms with E-state index in [1.807, 2.05) is 19.1 Å². The number of nitrogens with one attached hydrogen (secondary N) is 2. The van der Waals surface area contributed by atoms with Gasteiger partial charge in [0, 0.05) is 13.1 Å². The lowest BCUT2D eigenvalue weighted by molar-refractivity contribution is -0.121. The van der Waals surface area contributed by atoms with Crippen molar-refractivity contribution in [3.63, 3.8) is 0 Å². The zero-order chi connectivity index (χ0) is 14.7. The van der Waals surface area contributed by atoms with Gasteiger partial charge in [0.1, 0.15) is 5.82 Å². The lowest BCUT2D eigenvalue weighted by Gasteiger charge is -2.28. The van der Waals surface area contributed by atoms with Gasteiger partial charge in [0.2, 0.25) is 5.91 Å². The molecule has 0 bridgehead atoms. The summed E-state index contributed by atoms with van der Waals surface area (Å²) in [6.45, 7) is 5.04. The van der Waals surface area contributed by atoms with Crippen LogP contribution < -0.4 is 15.5 Å². The smallest absolute Gasteiger partial charge is 0.244 e. The van der Waals surface area contributed by atoms with E-state index in [-0.39, 0.29) is 5.91 Å². The molecule has 21 heavy (non-hydrogen) atoms. The summed E-state index contributed by atoms with van der Waals surface area (Å²) >= 11 is 0. The summed E-state index contributed by atoms with van der Waals surface area (Å²) < 4.78 is 0. The zero-order valence-electron chi connectivity index (χ0n) is 12.7. The van der Waals surface area contributed by atoms with Crippen LogP contribution in [0.25, 0.3) is 0 Å². The quantitative estimate of drug-likeness (QED) is 0.895. The van der Waals surface area contributed by atoms with E-state index in [0.29, 0.717) is 0 Å². The summed E-state index contributed by atoms with van der Waals surface area (Å²) in [5.41, 5.74) is 0.335. The average molecular weight is 288 g/mol. The molecule has 3 heterocycles. The number of hydrogen-bond donors (Lipinski definition) is 2. The van der Waals surface area contributed by atoms with Gasteiger partial charge < -0.3 is 15.5 Å². The second-order valence-electron chi connectivity index (χ2n) is 6.27. The Kier molecular flexibility index (Phi) is 4.10. The standard InChI is InChI=1S/C16H24N4O/c1-16(8-5-9-18-16)15(21)19-13-6-7-14(17-12-13)20-10-3-2-4-11-20/h6-7,12,18H,2-5,8-11H2,1H3,(H,19,21). The Bertz CT molecular complexity index is 488. The fourth-order valence-corrected chi connectivity index (χ4v) is 3.13. The third-order valence-corrected chi connectivity index (χ3v) is 4.56. The Balaban J connectivity index is 1.62. The van der Waals surface area contributed by atoms with Crippen LogP contribution in [-0.2, 0) is 4.79 Å². The minimum absolute atomic E-state index is 0.0347. The number of carbonyl (C=O) groups excluding carboxylic acids is 1. The van der Waals surface area contributed by atoms with Crippen molar-refractivity contribution in [2.75, 3.05) is 29.9 Å². The first-order valence-corrected chi connectivity index (χ1v) is 7.95. The highest BCUT2D eigenvalue weighted by Crippen LogP contribution is 2.22. The van der Waals surface area contributed by atoms with E-state index in [4.69, 9.17) is 0 Å². The molecule has 0 radical (unpaired) electrons. The van der Waals surface area contributed by atoms with E-state index in [0.717, 1.165) is 44.0 Å². The molecule has 1 amide bonds. The molecular formula is C16H24N4O. The van der Waals surface area contributed by atoms with E-state index >= 15 is 0 Å². The van der Waals surface area contributed by atoms with E-state index in [2.05, 4.69) is 20.5 Å². The van der Waals surface area contributed by atoms with Crippen molar-refractivity contribution in [3.05, 3.63) is 18.3 Å². The predicted octanol–water partition coefficient (Wildman–Crippen LogP) is 2.15. The van der Waals surface area contributed by atoms with Gasteiger partial charge in [-0.1, -0.05) is 0 Å². The Labute approximate surface area is 126 Å². The van der Waals surface area contributed by atoms with Crippen molar-refractivity contribution in [3.8, 4) is 0 Å². The van der Waals surface area contributed by atoms with Crippen LogP contribution in [0.2, 0.25) is 0 Å². The van der Waals surface area contributed by atoms with E-state index in [1.165, 1.54) is 19.3 Å². The van der Waals surface area contributed by atoms with Crippen LogP contribution in [0.5, 0.6) is 0 Å². The van der Waals surface area contributed by atoms with Crippen molar-refractivity contribution in [2.24, 2.45) is 0 Å². The van der Waals surface area contributed by atoms with Gasteiger partial charge in [-0.15, -0.1) is 0 Å². The maximum absolute atomic E-state index is 12.3. The molecule has 2 saturated heterocycles. The molecule has 1 aromatic heterocycles. The first-order valence-electron chi connectivity index (χ1n) is 7.95. The first kappa shape index (κ1) is 14.3. The van der Waals surface area contributed by atoms with Crippen LogP contribution in [0, 0.1) is 0 Å². The van der Waals surface area contributed by atoms with Crippen molar-refractivity contribution in [1.82, 2.24) is 10.3 Å². The number of hydrogen-bond acceptors (Lipinski definition) is 4. The van der Waals surface area contributed by atoms with E-state index < -0.39 is 5.54 Å². The van der Waals surface area contributed by atoms with Gasteiger partial charge >= 0.3 is 0 Å². The van der Waals surface area contributed by atoms with Gasteiger partial charge in [-0.05, 0) is 57.7 Å². The van der Waals surface area contributed by atoms with Crippen LogP contribution in [-0.4, -0.2) is 36.1 Å². The number of aromatic nitrogens is 1. The van der Waals surface area contributed by atoms with Gasteiger partial charge in [-0.25, -0.2) is 4.98 Å². The van der Waals surface area contributed by atoms with Gasteiger partial charge in [-0.3, -0.25) is 4.79 Å². The fourth-order valence-electron chi connectivity index (χ4n) is 3.13. The number of rotatable bonds is 3. The fraction of sp³-hybridized carbons (Fsp3) is 0.625. The first-order chi connectivity index (χ1) is 10.2. The van der Waals surface area contributed by atoms with Crippen molar-refractivity contribution in [1.29, 1.82) is 0 Å². The summed E-state index contributed by atoms with van der Waals surface area (Å²) in [4.78, 5) is 19.1. The molecule has 2 aliphatic rings. The molecule has 1 aromatic rings. The molecular weight excluding hydrogens is 264 g/mol. The zero-order valence-corrected chi connectivity index (χ0v) is 12.7. The van der Waals surface area contributed by atoms with Crippen LogP contribution in [0.4, 0.5) is 11.5 Å². The van der Waals surface area contributed by atoms with Crippen LogP contribution in [0.1, 0.15) is 39.0 Å².